The van der Waals surface area contributed by atoms with Gasteiger partial charge in [0, 0.05) is 37.9 Å². The second kappa shape index (κ2) is 3.61. The number of hydrogen-bond acceptors (Lipinski definition) is 4. The number of pyridine rings is 1. The molecule has 1 saturated heterocycles. The van der Waals surface area contributed by atoms with Gasteiger partial charge in [-0.3, -0.25) is 5.10 Å². The monoisotopic (exact) mass is 238 g/mol. The number of aromatic amines is 1. The van der Waals surface area contributed by atoms with Gasteiger partial charge in [0.2, 0.25) is 0 Å². The van der Waals surface area contributed by atoms with Crippen molar-refractivity contribution in [2.24, 2.45) is 5.92 Å². The number of hydrogen-bond donors (Lipinski definition) is 2. The Bertz CT molecular complexity index is 521. The third-order valence-corrected chi connectivity index (χ3v) is 3.12. The number of rotatable bonds is 2. The first kappa shape index (κ1) is 9.86. The summed E-state index contributed by atoms with van der Waals surface area (Å²) in [4.78, 5) is 6.17. The van der Waals surface area contributed by atoms with Gasteiger partial charge in [0.25, 0.3) is 0 Å². The summed E-state index contributed by atoms with van der Waals surface area (Å²) in [6.07, 6.45) is 1.72. The molecule has 0 saturated carbocycles. The summed E-state index contributed by atoms with van der Waals surface area (Å²) in [6, 6.07) is 1.76. The average Bonchev–Trinajstić information content (AvgIpc) is 2.60. The van der Waals surface area contributed by atoms with Crippen molar-refractivity contribution in [3.8, 4) is 0 Å². The fraction of sp³-hybridized carbons (Fsp3) is 0.400. The normalized spacial score (nSPS) is 16.8. The Morgan fingerprint density at radius 3 is 3.12 bits per heavy atom. The van der Waals surface area contributed by atoms with Gasteiger partial charge in [0.05, 0.1) is 10.9 Å². The first-order valence-corrected chi connectivity index (χ1v) is 5.51. The minimum Gasteiger partial charge on any atom is -0.396 e. The number of H-pyrrole nitrogens is 1. The minimum atomic E-state index is 0.239. The largest absolute Gasteiger partial charge is 0.396 e. The molecule has 5 nitrogen and oxygen atoms in total. The highest BCUT2D eigenvalue weighted by atomic mass is 35.5. The van der Waals surface area contributed by atoms with Crippen LogP contribution in [0.2, 0.25) is 5.15 Å². The Morgan fingerprint density at radius 1 is 1.56 bits per heavy atom. The zero-order valence-electron chi connectivity index (χ0n) is 8.52. The Morgan fingerprint density at radius 2 is 2.38 bits per heavy atom. The van der Waals surface area contributed by atoms with Crippen LogP contribution in [0.1, 0.15) is 0 Å². The topological polar surface area (TPSA) is 65.0 Å². The second-order valence-corrected chi connectivity index (χ2v) is 4.44. The van der Waals surface area contributed by atoms with E-state index in [2.05, 4.69) is 20.1 Å². The molecule has 1 fully saturated rings. The van der Waals surface area contributed by atoms with Crippen LogP contribution >= 0.6 is 11.6 Å². The van der Waals surface area contributed by atoms with Gasteiger partial charge >= 0.3 is 0 Å². The number of nitrogens with zero attached hydrogens (tertiary/aromatic N) is 3. The zero-order valence-corrected chi connectivity index (χ0v) is 9.28. The SMILES string of the molecule is OCC1CN(c2n[nH]c3cc(Cl)ncc23)C1. The molecule has 84 valence electrons. The van der Waals surface area contributed by atoms with Crippen molar-refractivity contribution in [3.05, 3.63) is 17.4 Å². The lowest BCUT2D eigenvalue weighted by atomic mass is 10.0. The summed E-state index contributed by atoms with van der Waals surface area (Å²) in [5, 5.41) is 17.6. The fourth-order valence-corrected chi connectivity index (χ4v) is 2.13. The van der Waals surface area contributed by atoms with Crippen LogP contribution in [0.4, 0.5) is 5.82 Å². The molecular formula is C10H11ClN4O. The van der Waals surface area contributed by atoms with Gasteiger partial charge in [-0.1, -0.05) is 11.6 Å². The van der Waals surface area contributed by atoms with Crippen molar-refractivity contribution in [1.29, 1.82) is 0 Å². The minimum absolute atomic E-state index is 0.239. The van der Waals surface area contributed by atoms with E-state index in [-0.39, 0.29) is 6.61 Å². The van der Waals surface area contributed by atoms with Gasteiger partial charge in [0.1, 0.15) is 5.15 Å². The maximum absolute atomic E-state index is 8.97. The smallest absolute Gasteiger partial charge is 0.159 e. The Hall–Kier alpha value is -1.33. The molecular weight excluding hydrogens is 228 g/mol. The number of halogens is 1. The van der Waals surface area contributed by atoms with Gasteiger partial charge < -0.3 is 10.0 Å². The lowest BCUT2D eigenvalue weighted by Crippen LogP contribution is -2.48. The van der Waals surface area contributed by atoms with Crippen LogP contribution in [0.3, 0.4) is 0 Å². The maximum atomic E-state index is 8.97. The van der Waals surface area contributed by atoms with Crippen LogP contribution < -0.4 is 4.90 Å². The predicted molar refractivity (Wildman–Crippen MR) is 61.7 cm³/mol. The number of aromatic nitrogens is 3. The van der Waals surface area contributed by atoms with Gasteiger partial charge in [-0.2, -0.15) is 5.10 Å². The highest BCUT2D eigenvalue weighted by molar-refractivity contribution is 6.30. The summed E-state index contributed by atoms with van der Waals surface area (Å²) in [7, 11) is 0. The fourth-order valence-electron chi connectivity index (χ4n) is 1.97. The van der Waals surface area contributed by atoms with Crippen molar-refractivity contribution in [2.75, 3.05) is 24.6 Å². The lowest BCUT2D eigenvalue weighted by Gasteiger charge is -2.38. The molecule has 1 aliphatic rings. The maximum Gasteiger partial charge on any atom is 0.159 e. The molecule has 2 aromatic heterocycles. The van der Waals surface area contributed by atoms with E-state index in [1.165, 1.54) is 0 Å². The standard InChI is InChI=1S/C10H11ClN4O/c11-9-1-8-7(2-12-9)10(14-13-8)15-3-6(4-15)5-16/h1-2,6,16H,3-5H2,(H,13,14). The predicted octanol–water partition coefficient (Wildman–Crippen LogP) is 1.04. The Balaban J connectivity index is 1.94. The molecule has 3 rings (SSSR count). The molecule has 6 heteroatoms. The molecule has 0 spiro atoms. The third-order valence-electron chi connectivity index (χ3n) is 2.91. The van der Waals surface area contributed by atoms with Crippen molar-refractivity contribution < 1.29 is 5.11 Å². The summed E-state index contributed by atoms with van der Waals surface area (Å²) in [5.41, 5.74) is 0.891. The van der Waals surface area contributed by atoms with E-state index in [1.54, 1.807) is 12.3 Å². The van der Waals surface area contributed by atoms with E-state index < -0.39 is 0 Å². The Kier molecular flexibility index (Phi) is 2.22. The number of aliphatic hydroxyl groups is 1. The van der Waals surface area contributed by atoms with E-state index in [0.717, 1.165) is 29.8 Å². The van der Waals surface area contributed by atoms with E-state index in [4.69, 9.17) is 16.7 Å². The zero-order chi connectivity index (χ0) is 11.1. The molecule has 0 amide bonds. The lowest BCUT2D eigenvalue weighted by molar-refractivity contribution is 0.200. The van der Waals surface area contributed by atoms with Gasteiger partial charge in [-0.05, 0) is 0 Å². The third kappa shape index (κ3) is 1.44. The van der Waals surface area contributed by atoms with E-state index in [0.29, 0.717) is 11.1 Å². The summed E-state index contributed by atoms with van der Waals surface area (Å²) in [5.74, 6) is 1.26. The highest BCUT2D eigenvalue weighted by Crippen LogP contribution is 2.29. The molecule has 0 radical (unpaired) electrons. The number of fused-ring (bicyclic) bond motifs is 1. The molecule has 0 bridgehead atoms. The van der Waals surface area contributed by atoms with E-state index in [1.807, 2.05) is 0 Å². The summed E-state index contributed by atoms with van der Waals surface area (Å²) >= 11 is 5.80. The average molecular weight is 239 g/mol. The van der Waals surface area contributed by atoms with E-state index in [9.17, 15) is 0 Å². The molecule has 16 heavy (non-hydrogen) atoms. The molecule has 2 N–H and O–H groups in total. The van der Waals surface area contributed by atoms with Gasteiger partial charge in [0.15, 0.2) is 5.82 Å². The van der Waals surface area contributed by atoms with Crippen LogP contribution in [0.15, 0.2) is 12.3 Å². The number of aliphatic hydroxyl groups excluding tert-OH is 1. The van der Waals surface area contributed by atoms with Crippen LogP contribution in [0, 0.1) is 5.92 Å². The van der Waals surface area contributed by atoms with Crippen LogP contribution in [0.25, 0.3) is 10.9 Å². The first-order chi connectivity index (χ1) is 7.78. The van der Waals surface area contributed by atoms with Gasteiger partial charge in [-0.25, -0.2) is 4.98 Å². The summed E-state index contributed by atoms with van der Waals surface area (Å²) in [6.45, 7) is 1.93. The molecule has 1 aliphatic heterocycles. The molecule has 0 aromatic carbocycles. The first-order valence-electron chi connectivity index (χ1n) is 5.13. The van der Waals surface area contributed by atoms with Crippen molar-refractivity contribution in [2.45, 2.75) is 0 Å². The number of anilines is 1. The van der Waals surface area contributed by atoms with Crippen LogP contribution in [-0.2, 0) is 0 Å². The summed E-state index contributed by atoms with van der Waals surface area (Å²) < 4.78 is 0. The quantitative estimate of drug-likeness (QED) is 0.768. The second-order valence-electron chi connectivity index (χ2n) is 4.05. The van der Waals surface area contributed by atoms with E-state index >= 15 is 0 Å². The molecule has 0 atom stereocenters. The van der Waals surface area contributed by atoms with Crippen molar-refractivity contribution in [3.63, 3.8) is 0 Å². The molecule has 3 heterocycles. The molecule has 0 aliphatic carbocycles. The highest BCUT2D eigenvalue weighted by Gasteiger charge is 2.28. The number of nitrogens with one attached hydrogen (secondary N) is 1. The van der Waals surface area contributed by atoms with Crippen LogP contribution in [0.5, 0.6) is 0 Å². The molecule has 2 aromatic rings. The Labute approximate surface area is 97.0 Å². The van der Waals surface area contributed by atoms with Gasteiger partial charge in [-0.15, -0.1) is 0 Å². The van der Waals surface area contributed by atoms with Crippen molar-refractivity contribution in [1.82, 2.24) is 15.2 Å². The van der Waals surface area contributed by atoms with Crippen LogP contribution in [-0.4, -0.2) is 40.0 Å². The molecule has 0 unspecified atom stereocenters. The van der Waals surface area contributed by atoms with Crippen molar-refractivity contribution >= 4 is 28.3 Å².